The number of thioether (sulfide) groups is 1. The molecular weight excluding hydrogens is 310 g/mol. The average Bonchev–Trinajstić information content (AvgIpc) is 3.38. The first-order valence-electron chi connectivity index (χ1n) is 7.64. The zero-order chi connectivity index (χ0) is 16.1. The molecule has 6 heteroatoms. The second-order valence-electron chi connectivity index (χ2n) is 5.64. The Kier molecular flexibility index (Phi) is 5.12. The van der Waals surface area contributed by atoms with Crippen molar-refractivity contribution in [3.05, 3.63) is 47.7 Å². The number of nitrogen functional groups attached to an aromatic ring is 1. The van der Waals surface area contributed by atoms with E-state index >= 15 is 0 Å². The summed E-state index contributed by atoms with van der Waals surface area (Å²) in [5.41, 5.74) is 8.05. The van der Waals surface area contributed by atoms with Crippen LogP contribution >= 0.6 is 11.8 Å². The molecule has 5 nitrogen and oxygen atoms in total. The number of carbonyl (C=O) groups is 1. The molecule has 0 saturated heterocycles. The Balaban J connectivity index is 1.52. The van der Waals surface area contributed by atoms with E-state index in [1.807, 2.05) is 30.3 Å². The smallest absolute Gasteiger partial charge is 0.316 e. The number of hydrogen-bond acceptors (Lipinski definition) is 6. The maximum Gasteiger partial charge on any atom is 0.316 e. The lowest BCUT2D eigenvalue weighted by atomic mass is 10.1. The molecule has 120 valence electrons. The van der Waals surface area contributed by atoms with Gasteiger partial charge in [0.15, 0.2) is 5.16 Å². The van der Waals surface area contributed by atoms with E-state index in [9.17, 15) is 4.79 Å². The van der Waals surface area contributed by atoms with Gasteiger partial charge in [0.1, 0.15) is 5.82 Å². The van der Waals surface area contributed by atoms with Crippen molar-refractivity contribution in [2.75, 3.05) is 18.1 Å². The highest BCUT2D eigenvalue weighted by Crippen LogP contribution is 2.29. The highest BCUT2D eigenvalue weighted by molar-refractivity contribution is 7.99. The molecule has 1 aliphatic carbocycles. The minimum absolute atomic E-state index is 0.212. The van der Waals surface area contributed by atoms with Crippen LogP contribution in [0.25, 0.3) is 0 Å². The van der Waals surface area contributed by atoms with Crippen molar-refractivity contribution in [3.8, 4) is 0 Å². The number of ether oxygens (including phenoxy) is 1. The van der Waals surface area contributed by atoms with Crippen molar-refractivity contribution in [2.24, 2.45) is 5.92 Å². The monoisotopic (exact) mass is 329 g/mol. The fourth-order valence-corrected chi connectivity index (χ4v) is 2.71. The highest BCUT2D eigenvalue weighted by Gasteiger charge is 2.23. The van der Waals surface area contributed by atoms with E-state index in [1.54, 1.807) is 6.20 Å². The molecule has 1 aliphatic rings. The highest BCUT2D eigenvalue weighted by atomic mass is 32.2. The lowest BCUT2D eigenvalue weighted by Gasteiger charge is -2.07. The van der Waals surface area contributed by atoms with Crippen LogP contribution in [0.2, 0.25) is 0 Å². The number of nitrogens with two attached hydrogens (primary N) is 1. The maximum absolute atomic E-state index is 11.6. The van der Waals surface area contributed by atoms with Gasteiger partial charge in [-0.3, -0.25) is 4.79 Å². The quantitative estimate of drug-likeness (QED) is 0.478. The van der Waals surface area contributed by atoms with Gasteiger partial charge in [-0.05, 0) is 24.3 Å². The Morgan fingerprint density at radius 1 is 1.30 bits per heavy atom. The van der Waals surface area contributed by atoms with Gasteiger partial charge in [-0.15, -0.1) is 0 Å². The number of carbonyl (C=O) groups excluding carboxylic acids is 1. The molecule has 0 aliphatic heterocycles. The topological polar surface area (TPSA) is 78.1 Å². The zero-order valence-electron chi connectivity index (χ0n) is 12.8. The van der Waals surface area contributed by atoms with Crippen molar-refractivity contribution in [1.29, 1.82) is 0 Å². The van der Waals surface area contributed by atoms with Crippen molar-refractivity contribution < 1.29 is 9.53 Å². The standard InChI is InChI=1S/C17H19N3O2S/c18-16-14(8-12-4-2-1-3-5-12)9-19-17(20-16)23-11-15(21)22-10-13-6-7-13/h1-5,9,13H,6-8,10-11H2,(H2,18,19,20). The van der Waals surface area contributed by atoms with Crippen LogP contribution in [0.1, 0.15) is 24.0 Å². The van der Waals surface area contributed by atoms with Crippen molar-refractivity contribution in [1.82, 2.24) is 9.97 Å². The summed E-state index contributed by atoms with van der Waals surface area (Å²) >= 11 is 1.25. The molecule has 2 N–H and O–H groups in total. The number of hydrogen-bond donors (Lipinski definition) is 1. The molecule has 0 amide bonds. The number of rotatable bonds is 7. The molecule has 2 aromatic rings. The van der Waals surface area contributed by atoms with Crippen molar-refractivity contribution in [3.63, 3.8) is 0 Å². The summed E-state index contributed by atoms with van der Waals surface area (Å²) in [6.45, 7) is 0.540. The van der Waals surface area contributed by atoms with E-state index in [0.29, 0.717) is 29.9 Å². The third-order valence-corrected chi connectivity index (χ3v) is 4.44. The first-order chi connectivity index (χ1) is 11.2. The van der Waals surface area contributed by atoms with Gasteiger partial charge < -0.3 is 10.5 Å². The van der Waals surface area contributed by atoms with E-state index in [0.717, 1.165) is 11.1 Å². The van der Waals surface area contributed by atoms with Crippen LogP contribution in [-0.2, 0) is 16.0 Å². The van der Waals surface area contributed by atoms with Crippen LogP contribution < -0.4 is 5.73 Å². The van der Waals surface area contributed by atoms with E-state index in [1.165, 1.54) is 24.6 Å². The van der Waals surface area contributed by atoms with Crippen LogP contribution in [0.4, 0.5) is 5.82 Å². The Bertz CT molecular complexity index is 675. The van der Waals surface area contributed by atoms with Gasteiger partial charge in [0, 0.05) is 18.2 Å². The second-order valence-corrected chi connectivity index (χ2v) is 6.58. The number of benzene rings is 1. The predicted molar refractivity (Wildman–Crippen MR) is 90.1 cm³/mol. The largest absolute Gasteiger partial charge is 0.465 e. The first-order valence-corrected chi connectivity index (χ1v) is 8.63. The van der Waals surface area contributed by atoms with E-state index in [2.05, 4.69) is 9.97 Å². The summed E-state index contributed by atoms with van der Waals surface area (Å²) in [5, 5.41) is 0.502. The number of anilines is 1. The van der Waals surface area contributed by atoms with Gasteiger partial charge in [0.2, 0.25) is 0 Å². The van der Waals surface area contributed by atoms with Gasteiger partial charge in [-0.2, -0.15) is 0 Å². The fraction of sp³-hybridized carbons (Fsp3) is 0.353. The molecule has 0 atom stereocenters. The summed E-state index contributed by atoms with van der Waals surface area (Å²) in [4.78, 5) is 20.2. The van der Waals surface area contributed by atoms with Gasteiger partial charge in [0.05, 0.1) is 12.4 Å². The summed E-state index contributed by atoms with van der Waals surface area (Å²) in [5.74, 6) is 1.02. The van der Waals surface area contributed by atoms with Crippen LogP contribution in [0, 0.1) is 5.92 Å². The number of esters is 1. The summed E-state index contributed by atoms with van der Waals surface area (Å²) < 4.78 is 5.17. The van der Waals surface area contributed by atoms with Crippen LogP contribution in [0.15, 0.2) is 41.7 Å². The van der Waals surface area contributed by atoms with Gasteiger partial charge >= 0.3 is 5.97 Å². The van der Waals surface area contributed by atoms with Crippen molar-refractivity contribution >= 4 is 23.5 Å². The summed E-state index contributed by atoms with van der Waals surface area (Å²) in [6, 6.07) is 10.0. The minimum Gasteiger partial charge on any atom is -0.465 e. The molecule has 3 rings (SSSR count). The Morgan fingerprint density at radius 3 is 2.78 bits per heavy atom. The molecule has 0 spiro atoms. The maximum atomic E-state index is 11.6. The van der Waals surface area contributed by atoms with E-state index in [-0.39, 0.29) is 11.7 Å². The molecule has 1 aromatic carbocycles. The third kappa shape index (κ3) is 4.96. The Labute approximate surface area is 139 Å². The molecule has 1 aromatic heterocycles. The summed E-state index contributed by atoms with van der Waals surface area (Å²) in [7, 11) is 0. The van der Waals surface area contributed by atoms with Gasteiger partial charge in [0.25, 0.3) is 0 Å². The van der Waals surface area contributed by atoms with Gasteiger partial charge in [-0.25, -0.2) is 9.97 Å². The third-order valence-electron chi connectivity index (χ3n) is 3.61. The Hall–Kier alpha value is -2.08. The average molecular weight is 329 g/mol. The Morgan fingerprint density at radius 2 is 2.09 bits per heavy atom. The normalized spacial score (nSPS) is 13.7. The van der Waals surface area contributed by atoms with Crippen LogP contribution in [0.3, 0.4) is 0 Å². The van der Waals surface area contributed by atoms with Crippen molar-refractivity contribution in [2.45, 2.75) is 24.4 Å². The predicted octanol–water partition coefficient (Wildman–Crippen LogP) is 2.69. The number of nitrogens with zero attached hydrogens (tertiary/aromatic N) is 2. The van der Waals surface area contributed by atoms with E-state index < -0.39 is 0 Å². The molecular formula is C17H19N3O2S. The van der Waals surface area contributed by atoms with Crippen LogP contribution in [-0.4, -0.2) is 28.3 Å². The minimum atomic E-state index is -0.225. The lowest BCUT2D eigenvalue weighted by Crippen LogP contribution is -2.10. The lowest BCUT2D eigenvalue weighted by molar-refractivity contribution is -0.140. The molecule has 0 bridgehead atoms. The second kappa shape index (κ2) is 7.46. The van der Waals surface area contributed by atoms with E-state index in [4.69, 9.17) is 10.5 Å². The zero-order valence-corrected chi connectivity index (χ0v) is 13.6. The molecule has 0 unspecified atom stereocenters. The molecule has 23 heavy (non-hydrogen) atoms. The fourth-order valence-electron chi connectivity index (χ4n) is 2.08. The summed E-state index contributed by atoms with van der Waals surface area (Å²) in [6.07, 6.45) is 4.76. The molecule has 1 heterocycles. The molecule has 0 radical (unpaired) electrons. The SMILES string of the molecule is Nc1nc(SCC(=O)OCC2CC2)ncc1Cc1ccccc1. The van der Waals surface area contributed by atoms with Crippen LogP contribution in [0.5, 0.6) is 0 Å². The molecule has 1 fully saturated rings. The number of aromatic nitrogens is 2. The molecule has 1 saturated carbocycles. The van der Waals surface area contributed by atoms with Gasteiger partial charge in [-0.1, -0.05) is 42.1 Å². The first kappa shape index (κ1) is 15.8.